The Morgan fingerprint density at radius 3 is 2.77 bits per heavy atom. The lowest BCUT2D eigenvalue weighted by molar-refractivity contribution is 0.104. The molecule has 0 saturated heterocycles. The molecule has 0 saturated carbocycles. The van der Waals surface area contributed by atoms with Gasteiger partial charge in [-0.05, 0) is 12.1 Å². The molecule has 0 aliphatic rings. The van der Waals surface area contributed by atoms with Crippen LogP contribution in [-0.4, -0.2) is 24.9 Å². The molecule has 0 fully saturated rings. The molecule has 1 heterocycles. The van der Waals surface area contributed by atoms with Crippen molar-refractivity contribution in [2.24, 2.45) is 0 Å². The molecular weight excluding hydrogens is 164 g/mol. The van der Waals surface area contributed by atoms with Gasteiger partial charge in [0.15, 0.2) is 5.78 Å². The first kappa shape index (κ1) is 9.45. The third-order valence-corrected chi connectivity index (χ3v) is 1.71. The summed E-state index contributed by atoms with van der Waals surface area (Å²) in [5.41, 5.74) is 1.48. The minimum absolute atomic E-state index is 0.101. The molecule has 1 rings (SSSR count). The zero-order valence-corrected chi connectivity index (χ0v) is 7.82. The highest BCUT2D eigenvalue weighted by atomic mass is 16.1. The molecule has 0 atom stereocenters. The zero-order valence-electron chi connectivity index (χ0n) is 7.82. The Balaban J connectivity index is 3.05. The molecule has 0 unspecified atom stereocenters. The molecule has 1 aromatic heterocycles. The van der Waals surface area contributed by atoms with Crippen LogP contribution in [0, 0.1) is 0 Å². The van der Waals surface area contributed by atoms with E-state index in [4.69, 9.17) is 0 Å². The van der Waals surface area contributed by atoms with Crippen LogP contribution < -0.4 is 4.90 Å². The minimum atomic E-state index is -0.101. The first-order chi connectivity index (χ1) is 6.15. The lowest BCUT2D eigenvalue weighted by Crippen LogP contribution is -2.10. The monoisotopic (exact) mass is 176 g/mol. The third kappa shape index (κ3) is 2.15. The van der Waals surface area contributed by atoms with Crippen molar-refractivity contribution < 1.29 is 4.79 Å². The lowest BCUT2D eigenvalue weighted by atomic mass is 10.2. The van der Waals surface area contributed by atoms with E-state index >= 15 is 0 Å². The molecule has 3 nitrogen and oxygen atoms in total. The van der Waals surface area contributed by atoms with E-state index in [0.717, 1.165) is 5.69 Å². The van der Waals surface area contributed by atoms with Crippen LogP contribution >= 0.6 is 0 Å². The fourth-order valence-electron chi connectivity index (χ4n) is 0.925. The maximum absolute atomic E-state index is 11.2. The summed E-state index contributed by atoms with van der Waals surface area (Å²) >= 11 is 0. The van der Waals surface area contributed by atoms with E-state index in [1.165, 1.54) is 12.3 Å². The molecule has 0 N–H and O–H groups in total. The summed E-state index contributed by atoms with van der Waals surface area (Å²) in [7, 11) is 3.80. The molecule has 3 heteroatoms. The number of carbonyl (C=O) groups excluding carboxylic acids is 1. The third-order valence-electron chi connectivity index (χ3n) is 1.71. The maximum Gasteiger partial charge on any atom is 0.186 e. The SMILES string of the molecule is C=CC(=O)c1cncc(N(C)C)c1. The Morgan fingerprint density at radius 2 is 2.23 bits per heavy atom. The highest BCUT2D eigenvalue weighted by Gasteiger charge is 2.03. The van der Waals surface area contributed by atoms with Crippen molar-refractivity contribution in [1.82, 2.24) is 4.98 Å². The van der Waals surface area contributed by atoms with Gasteiger partial charge in [0.2, 0.25) is 0 Å². The minimum Gasteiger partial charge on any atom is -0.376 e. The summed E-state index contributed by atoms with van der Waals surface area (Å²) in [6.07, 6.45) is 4.54. The number of allylic oxidation sites excluding steroid dienone is 1. The van der Waals surface area contributed by atoms with Crippen LogP contribution in [0.25, 0.3) is 0 Å². The fraction of sp³-hybridized carbons (Fsp3) is 0.200. The summed E-state index contributed by atoms with van der Waals surface area (Å²) in [4.78, 5) is 17.1. The van der Waals surface area contributed by atoms with Crippen molar-refractivity contribution in [2.75, 3.05) is 19.0 Å². The Kier molecular flexibility index (Phi) is 2.80. The van der Waals surface area contributed by atoms with Gasteiger partial charge in [-0.25, -0.2) is 0 Å². The van der Waals surface area contributed by atoms with Crippen molar-refractivity contribution in [3.63, 3.8) is 0 Å². The molecule has 0 aromatic carbocycles. The zero-order chi connectivity index (χ0) is 9.84. The number of aromatic nitrogens is 1. The molecule has 0 spiro atoms. The largest absolute Gasteiger partial charge is 0.376 e. The smallest absolute Gasteiger partial charge is 0.186 e. The number of ketones is 1. The summed E-state index contributed by atoms with van der Waals surface area (Å²) in [6, 6.07) is 1.79. The first-order valence-electron chi connectivity index (χ1n) is 3.94. The second-order valence-electron chi connectivity index (χ2n) is 2.89. The van der Waals surface area contributed by atoms with Gasteiger partial charge < -0.3 is 4.90 Å². The fourth-order valence-corrected chi connectivity index (χ4v) is 0.925. The van der Waals surface area contributed by atoms with Gasteiger partial charge in [-0.3, -0.25) is 9.78 Å². The molecule has 0 aliphatic carbocycles. The highest BCUT2D eigenvalue weighted by Crippen LogP contribution is 2.11. The molecular formula is C10H12N2O. The van der Waals surface area contributed by atoms with Crippen LogP contribution in [0.15, 0.2) is 31.1 Å². The van der Waals surface area contributed by atoms with Gasteiger partial charge in [0.1, 0.15) is 0 Å². The topological polar surface area (TPSA) is 33.2 Å². The van der Waals surface area contributed by atoms with Crippen LogP contribution in [0.4, 0.5) is 5.69 Å². The maximum atomic E-state index is 11.2. The highest BCUT2D eigenvalue weighted by molar-refractivity contribution is 6.04. The van der Waals surface area contributed by atoms with E-state index in [1.54, 1.807) is 12.3 Å². The normalized spacial score (nSPS) is 9.38. The number of pyridine rings is 1. The molecule has 0 aliphatic heterocycles. The van der Waals surface area contributed by atoms with Crippen molar-refractivity contribution >= 4 is 11.5 Å². The van der Waals surface area contributed by atoms with Gasteiger partial charge >= 0.3 is 0 Å². The molecule has 68 valence electrons. The van der Waals surface area contributed by atoms with E-state index in [9.17, 15) is 4.79 Å². The van der Waals surface area contributed by atoms with E-state index in [0.29, 0.717) is 5.56 Å². The van der Waals surface area contributed by atoms with Crippen molar-refractivity contribution in [3.05, 3.63) is 36.7 Å². The standard InChI is InChI=1S/C10H12N2O/c1-4-10(13)8-5-9(12(2)3)7-11-6-8/h4-7H,1H2,2-3H3. The summed E-state index contributed by atoms with van der Waals surface area (Å²) in [5, 5.41) is 0. The number of hydrogen-bond acceptors (Lipinski definition) is 3. The molecule has 1 aromatic rings. The van der Waals surface area contributed by atoms with Crippen molar-refractivity contribution in [1.29, 1.82) is 0 Å². The number of rotatable bonds is 3. The number of anilines is 1. The Bertz CT molecular complexity index is 331. The van der Waals surface area contributed by atoms with Crippen molar-refractivity contribution in [2.45, 2.75) is 0 Å². The van der Waals surface area contributed by atoms with Crippen molar-refractivity contribution in [3.8, 4) is 0 Å². The summed E-state index contributed by atoms with van der Waals surface area (Å²) < 4.78 is 0. The average molecular weight is 176 g/mol. The van der Waals surface area contributed by atoms with Crippen LogP contribution in [0.5, 0.6) is 0 Å². The predicted molar refractivity (Wildman–Crippen MR) is 53.1 cm³/mol. The predicted octanol–water partition coefficient (Wildman–Crippen LogP) is 1.52. The lowest BCUT2D eigenvalue weighted by Gasteiger charge is -2.11. The molecule has 13 heavy (non-hydrogen) atoms. The van der Waals surface area contributed by atoms with Gasteiger partial charge in [-0.1, -0.05) is 6.58 Å². The summed E-state index contributed by atoms with van der Waals surface area (Å²) in [5.74, 6) is -0.101. The van der Waals surface area contributed by atoms with Gasteiger partial charge in [0.05, 0.1) is 11.9 Å². The molecule has 0 bridgehead atoms. The first-order valence-corrected chi connectivity index (χ1v) is 3.94. The van der Waals surface area contributed by atoms with E-state index in [-0.39, 0.29) is 5.78 Å². The Hall–Kier alpha value is -1.64. The van der Waals surface area contributed by atoms with E-state index in [1.807, 2.05) is 19.0 Å². The average Bonchev–Trinajstić information content (AvgIpc) is 2.17. The second-order valence-corrected chi connectivity index (χ2v) is 2.89. The van der Waals surface area contributed by atoms with Gasteiger partial charge in [-0.15, -0.1) is 0 Å². The number of hydrogen-bond donors (Lipinski definition) is 0. The summed E-state index contributed by atoms with van der Waals surface area (Å²) in [6.45, 7) is 3.42. The van der Waals surface area contributed by atoms with Gasteiger partial charge in [0.25, 0.3) is 0 Å². The van der Waals surface area contributed by atoms with Crippen LogP contribution in [0.3, 0.4) is 0 Å². The van der Waals surface area contributed by atoms with E-state index < -0.39 is 0 Å². The quantitative estimate of drug-likeness (QED) is 0.517. The number of carbonyl (C=O) groups is 1. The van der Waals surface area contributed by atoms with Crippen LogP contribution in [0.2, 0.25) is 0 Å². The second kappa shape index (κ2) is 3.85. The van der Waals surface area contributed by atoms with Crippen LogP contribution in [-0.2, 0) is 0 Å². The van der Waals surface area contributed by atoms with Gasteiger partial charge in [-0.2, -0.15) is 0 Å². The van der Waals surface area contributed by atoms with E-state index in [2.05, 4.69) is 11.6 Å². The Labute approximate surface area is 77.7 Å². The number of nitrogens with zero attached hydrogens (tertiary/aromatic N) is 2. The Morgan fingerprint density at radius 1 is 1.54 bits per heavy atom. The molecule has 0 amide bonds. The van der Waals surface area contributed by atoms with Crippen LogP contribution in [0.1, 0.15) is 10.4 Å². The molecule has 0 radical (unpaired) electrons. The van der Waals surface area contributed by atoms with Gasteiger partial charge in [0, 0.05) is 25.9 Å².